The first-order valence-corrected chi connectivity index (χ1v) is 5.36. The van der Waals surface area contributed by atoms with E-state index in [1.165, 1.54) is 4.90 Å². The van der Waals surface area contributed by atoms with Crippen LogP contribution in [0.3, 0.4) is 0 Å². The van der Waals surface area contributed by atoms with Crippen molar-refractivity contribution in [3.63, 3.8) is 0 Å². The Kier molecular flexibility index (Phi) is 4.54. The molecule has 2 amide bonds. The zero-order valence-corrected chi connectivity index (χ0v) is 9.60. The molecule has 0 unspecified atom stereocenters. The molecule has 6 heteroatoms. The highest BCUT2D eigenvalue weighted by molar-refractivity contribution is 5.80. The Labute approximate surface area is 94.6 Å². The normalized spacial score (nSPS) is 23.4. The van der Waals surface area contributed by atoms with Crippen molar-refractivity contribution < 1.29 is 19.4 Å². The summed E-state index contributed by atoms with van der Waals surface area (Å²) >= 11 is 0. The average Bonchev–Trinajstić information content (AvgIpc) is 2.18. The van der Waals surface area contributed by atoms with Crippen molar-refractivity contribution in [2.75, 3.05) is 20.2 Å². The minimum atomic E-state index is -1.000. The summed E-state index contributed by atoms with van der Waals surface area (Å²) in [5, 5.41) is 11.4. The van der Waals surface area contributed by atoms with Gasteiger partial charge in [0.05, 0.1) is 6.10 Å². The van der Waals surface area contributed by atoms with E-state index in [2.05, 4.69) is 5.32 Å². The summed E-state index contributed by atoms with van der Waals surface area (Å²) < 4.78 is 5.09. The number of ether oxygens (including phenoxy) is 1. The van der Waals surface area contributed by atoms with Crippen LogP contribution in [0.25, 0.3) is 0 Å². The first kappa shape index (κ1) is 12.8. The maximum absolute atomic E-state index is 11.6. The monoisotopic (exact) mass is 230 g/mol. The molecule has 0 saturated heterocycles. The minimum Gasteiger partial charge on any atom is -0.480 e. The number of nitrogens with one attached hydrogen (secondary N) is 1. The number of amides is 2. The summed E-state index contributed by atoms with van der Waals surface area (Å²) in [5.74, 6) is -1.000. The molecule has 0 heterocycles. The van der Waals surface area contributed by atoms with Gasteiger partial charge in [0.2, 0.25) is 0 Å². The van der Waals surface area contributed by atoms with E-state index in [0.29, 0.717) is 6.54 Å². The number of rotatable bonds is 5. The Bertz CT molecular complexity index is 264. The van der Waals surface area contributed by atoms with Crippen molar-refractivity contribution in [3.05, 3.63) is 0 Å². The number of likely N-dealkylation sites (N-methyl/N-ethyl adjacent to an activating group) is 1. The Hall–Kier alpha value is -1.30. The average molecular weight is 230 g/mol. The van der Waals surface area contributed by atoms with Crippen LogP contribution in [0.4, 0.5) is 4.79 Å². The second-order valence-electron chi connectivity index (χ2n) is 3.88. The zero-order valence-electron chi connectivity index (χ0n) is 9.60. The fourth-order valence-electron chi connectivity index (χ4n) is 1.63. The van der Waals surface area contributed by atoms with E-state index in [9.17, 15) is 9.59 Å². The van der Waals surface area contributed by atoms with E-state index < -0.39 is 5.97 Å². The number of carboxylic acid groups (broad SMARTS) is 1. The number of aliphatic carboxylic acids is 1. The molecule has 0 aromatic rings. The maximum atomic E-state index is 11.6. The Morgan fingerprint density at radius 3 is 2.56 bits per heavy atom. The topological polar surface area (TPSA) is 78.9 Å². The fraction of sp³-hybridized carbons (Fsp3) is 0.800. The minimum absolute atomic E-state index is 0.111. The molecule has 0 radical (unpaired) electrons. The lowest BCUT2D eigenvalue weighted by molar-refractivity contribution is -0.137. The van der Waals surface area contributed by atoms with E-state index in [1.54, 1.807) is 14.0 Å². The van der Waals surface area contributed by atoms with Gasteiger partial charge in [0, 0.05) is 19.7 Å². The lowest BCUT2D eigenvalue weighted by Gasteiger charge is -2.35. The molecule has 6 nitrogen and oxygen atoms in total. The maximum Gasteiger partial charge on any atom is 0.323 e. The number of urea groups is 1. The molecule has 0 aliphatic heterocycles. The fourth-order valence-corrected chi connectivity index (χ4v) is 1.63. The van der Waals surface area contributed by atoms with Crippen molar-refractivity contribution in [2.24, 2.45) is 0 Å². The summed E-state index contributed by atoms with van der Waals surface area (Å²) in [4.78, 5) is 23.4. The molecular weight excluding hydrogens is 212 g/mol. The third kappa shape index (κ3) is 3.37. The molecule has 1 aliphatic carbocycles. The van der Waals surface area contributed by atoms with E-state index in [-0.39, 0.29) is 24.7 Å². The van der Waals surface area contributed by atoms with Crippen molar-refractivity contribution in [3.8, 4) is 0 Å². The molecule has 0 bridgehead atoms. The summed E-state index contributed by atoms with van der Waals surface area (Å²) in [7, 11) is 1.64. The summed E-state index contributed by atoms with van der Waals surface area (Å²) in [6, 6.07) is -0.204. The standard InChI is InChI=1S/C10H18N2O4/c1-3-12(6-9(13)14)10(15)11-7-4-8(5-7)16-2/h7-8H,3-6H2,1-2H3,(H,11,15)(H,13,14). The van der Waals surface area contributed by atoms with Gasteiger partial charge in [-0.2, -0.15) is 0 Å². The van der Waals surface area contributed by atoms with Gasteiger partial charge in [-0.05, 0) is 19.8 Å². The Morgan fingerprint density at radius 1 is 1.50 bits per heavy atom. The molecule has 1 saturated carbocycles. The van der Waals surface area contributed by atoms with Crippen LogP contribution in [-0.2, 0) is 9.53 Å². The van der Waals surface area contributed by atoms with Gasteiger partial charge in [-0.15, -0.1) is 0 Å². The quantitative estimate of drug-likeness (QED) is 0.711. The summed E-state index contributed by atoms with van der Waals surface area (Å²) in [6.45, 7) is 1.88. The van der Waals surface area contributed by atoms with Gasteiger partial charge in [-0.25, -0.2) is 4.79 Å². The lowest BCUT2D eigenvalue weighted by atomic mass is 9.89. The summed E-state index contributed by atoms with van der Waals surface area (Å²) in [6.07, 6.45) is 1.82. The second kappa shape index (κ2) is 5.69. The molecule has 0 aromatic carbocycles. The van der Waals surface area contributed by atoms with Crippen LogP contribution < -0.4 is 5.32 Å². The number of hydrogen-bond donors (Lipinski definition) is 2. The smallest absolute Gasteiger partial charge is 0.323 e. The Balaban J connectivity index is 2.30. The number of carbonyl (C=O) groups is 2. The number of nitrogens with zero attached hydrogens (tertiary/aromatic N) is 1. The third-order valence-corrected chi connectivity index (χ3v) is 2.75. The molecule has 0 spiro atoms. The highest BCUT2D eigenvalue weighted by atomic mass is 16.5. The SMILES string of the molecule is CCN(CC(=O)O)C(=O)NC1CC(OC)C1. The molecule has 0 atom stereocenters. The number of methoxy groups -OCH3 is 1. The Morgan fingerprint density at radius 2 is 2.12 bits per heavy atom. The first-order chi connectivity index (χ1) is 7.56. The third-order valence-electron chi connectivity index (χ3n) is 2.75. The van der Waals surface area contributed by atoms with Crippen LogP contribution in [0.1, 0.15) is 19.8 Å². The van der Waals surface area contributed by atoms with Crippen LogP contribution in [0.5, 0.6) is 0 Å². The molecule has 16 heavy (non-hydrogen) atoms. The molecular formula is C10H18N2O4. The van der Waals surface area contributed by atoms with Gasteiger partial charge >= 0.3 is 12.0 Å². The van der Waals surface area contributed by atoms with Gasteiger partial charge < -0.3 is 20.1 Å². The van der Waals surface area contributed by atoms with Gasteiger partial charge in [0.25, 0.3) is 0 Å². The number of carboxylic acids is 1. The van der Waals surface area contributed by atoms with Gasteiger partial charge in [-0.1, -0.05) is 0 Å². The van der Waals surface area contributed by atoms with Gasteiger partial charge in [0.1, 0.15) is 6.54 Å². The van der Waals surface area contributed by atoms with E-state index in [4.69, 9.17) is 9.84 Å². The number of carbonyl (C=O) groups excluding carboxylic acids is 1. The molecule has 1 rings (SSSR count). The first-order valence-electron chi connectivity index (χ1n) is 5.36. The highest BCUT2D eigenvalue weighted by Gasteiger charge is 2.31. The predicted octanol–water partition coefficient (Wildman–Crippen LogP) is 0.280. The van der Waals surface area contributed by atoms with E-state index in [0.717, 1.165) is 12.8 Å². The zero-order chi connectivity index (χ0) is 12.1. The molecule has 92 valence electrons. The predicted molar refractivity (Wildman–Crippen MR) is 57.2 cm³/mol. The van der Waals surface area contributed by atoms with Gasteiger partial charge in [-0.3, -0.25) is 4.79 Å². The second-order valence-corrected chi connectivity index (χ2v) is 3.88. The van der Waals surface area contributed by atoms with Crippen LogP contribution in [0.15, 0.2) is 0 Å². The number of hydrogen-bond acceptors (Lipinski definition) is 3. The molecule has 2 N–H and O–H groups in total. The van der Waals surface area contributed by atoms with Crippen molar-refractivity contribution in [1.29, 1.82) is 0 Å². The molecule has 0 aromatic heterocycles. The largest absolute Gasteiger partial charge is 0.480 e. The molecule has 1 fully saturated rings. The molecule has 1 aliphatic rings. The van der Waals surface area contributed by atoms with Crippen molar-refractivity contribution in [2.45, 2.75) is 31.9 Å². The van der Waals surface area contributed by atoms with E-state index in [1.807, 2.05) is 0 Å². The summed E-state index contributed by atoms with van der Waals surface area (Å²) in [5.41, 5.74) is 0. The highest BCUT2D eigenvalue weighted by Crippen LogP contribution is 2.22. The van der Waals surface area contributed by atoms with Crippen LogP contribution in [0.2, 0.25) is 0 Å². The lowest BCUT2D eigenvalue weighted by Crippen LogP contribution is -2.52. The van der Waals surface area contributed by atoms with Crippen molar-refractivity contribution in [1.82, 2.24) is 10.2 Å². The van der Waals surface area contributed by atoms with E-state index >= 15 is 0 Å². The van der Waals surface area contributed by atoms with Crippen molar-refractivity contribution >= 4 is 12.0 Å². The van der Waals surface area contributed by atoms with Crippen LogP contribution >= 0.6 is 0 Å². The van der Waals surface area contributed by atoms with Gasteiger partial charge in [0.15, 0.2) is 0 Å². The van der Waals surface area contributed by atoms with Crippen LogP contribution in [-0.4, -0.2) is 54.4 Å². The van der Waals surface area contributed by atoms with Crippen LogP contribution in [0, 0.1) is 0 Å².